The Morgan fingerprint density at radius 2 is 1.59 bits per heavy atom. The van der Waals surface area contributed by atoms with Crippen LogP contribution in [0.3, 0.4) is 0 Å². The van der Waals surface area contributed by atoms with Crippen molar-refractivity contribution in [1.82, 2.24) is 5.32 Å². The Hall–Kier alpha value is -2.42. The first-order valence-electron chi connectivity index (χ1n) is 7.90. The number of nitrogens with one attached hydrogen (secondary N) is 1. The Morgan fingerprint density at radius 3 is 2.11 bits per heavy atom. The van der Waals surface area contributed by atoms with Crippen molar-refractivity contribution < 1.29 is 30.8 Å². The third kappa shape index (κ3) is 5.78. The highest BCUT2D eigenvalue weighted by atomic mass is 32.2. The Kier molecular flexibility index (Phi) is 6.25. The third-order valence-corrected chi connectivity index (χ3v) is 5.55. The molecule has 27 heavy (non-hydrogen) atoms. The molecular weight excluding hydrogens is 386 g/mol. The van der Waals surface area contributed by atoms with E-state index in [-0.39, 0.29) is 10.5 Å². The van der Waals surface area contributed by atoms with Gasteiger partial charge in [0.15, 0.2) is 15.9 Å². The molecule has 0 aromatic heterocycles. The van der Waals surface area contributed by atoms with E-state index in [0.717, 1.165) is 29.8 Å². The van der Waals surface area contributed by atoms with Gasteiger partial charge in [-0.2, -0.15) is 13.2 Å². The summed E-state index contributed by atoms with van der Waals surface area (Å²) < 4.78 is 77.0. The minimum atomic E-state index is -4.82. The van der Waals surface area contributed by atoms with Crippen LogP contribution in [-0.2, 0) is 14.6 Å². The zero-order valence-electron chi connectivity index (χ0n) is 14.3. The maximum atomic E-state index is 13.2. The number of sulfone groups is 1. The quantitative estimate of drug-likeness (QED) is 0.748. The third-order valence-electron chi connectivity index (χ3n) is 3.81. The lowest BCUT2D eigenvalue weighted by atomic mass is 10.1. The molecule has 0 fully saturated rings. The second-order valence-electron chi connectivity index (χ2n) is 5.98. The van der Waals surface area contributed by atoms with Gasteiger partial charge in [-0.25, -0.2) is 12.8 Å². The van der Waals surface area contributed by atoms with Crippen LogP contribution in [0.15, 0.2) is 53.4 Å². The number of amides is 1. The molecule has 1 atom stereocenters. The molecule has 146 valence electrons. The highest BCUT2D eigenvalue weighted by Gasteiger charge is 2.41. The molecule has 2 aromatic carbocycles. The number of benzene rings is 2. The van der Waals surface area contributed by atoms with Gasteiger partial charge in [-0.05, 0) is 36.8 Å². The minimum absolute atomic E-state index is 0.00759. The van der Waals surface area contributed by atoms with Gasteiger partial charge in [-0.3, -0.25) is 4.79 Å². The van der Waals surface area contributed by atoms with E-state index in [0.29, 0.717) is 0 Å². The second kappa shape index (κ2) is 8.08. The molecule has 0 saturated carbocycles. The predicted octanol–water partition coefficient (Wildman–Crippen LogP) is 3.72. The van der Waals surface area contributed by atoms with Crippen LogP contribution in [0.4, 0.5) is 17.6 Å². The predicted molar refractivity (Wildman–Crippen MR) is 91.2 cm³/mol. The van der Waals surface area contributed by atoms with Crippen molar-refractivity contribution in [3.8, 4) is 0 Å². The first-order chi connectivity index (χ1) is 12.5. The normalized spacial score (nSPS) is 13.2. The Labute approximate surface area is 154 Å². The van der Waals surface area contributed by atoms with Gasteiger partial charge in [-0.15, -0.1) is 0 Å². The number of aryl methyl sites for hydroxylation is 1. The molecule has 0 aliphatic heterocycles. The first kappa shape index (κ1) is 20.9. The van der Waals surface area contributed by atoms with E-state index >= 15 is 0 Å². The van der Waals surface area contributed by atoms with E-state index in [1.165, 1.54) is 12.1 Å². The molecular formula is C18H17F4NO3S. The molecule has 2 rings (SSSR count). The zero-order chi connectivity index (χ0) is 20.2. The van der Waals surface area contributed by atoms with Gasteiger partial charge in [0.05, 0.1) is 10.6 Å². The van der Waals surface area contributed by atoms with Gasteiger partial charge in [-0.1, -0.05) is 29.8 Å². The molecule has 1 amide bonds. The summed E-state index contributed by atoms with van der Waals surface area (Å²) in [6, 6.07) is 7.09. The van der Waals surface area contributed by atoms with Crippen molar-refractivity contribution in [3.63, 3.8) is 0 Å². The summed E-state index contributed by atoms with van der Waals surface area (Å²) in [7, 11) is -3.81. The SMILES string of the molecule is Cc1ccc(S(=O)(=O)CCC(=O)NC(c2ccc(F)cc2)C(F)(F)F)cc1. The van der Waals surface area contributed by atoms with Gasteiger partial charge in [0.2, 0.25) is 5.91 Å². The molecule has 0 saturated heterocycles. The summed E-state index contributed by atoms with van der Waals surface area (Å²) in [5.41, 5.74) is 0.498. The molecule has 0 radical (unpaired) electrons. The summed E-state index contributed by atoms with van der Waals surface area (Å²) in [4.78, 5) is 11.9. The fourth-order valence-corrected chi connectivity index (χ4v) is 3.57. The Morgan fingerprint density at radius 1 is 1.04 bits per heavy atom. The number of rotatable bonds is 6. The smallest absolute Gasteiger partial charge is 0.341 e. The number of halogens is 4. The van der Waals surface area contributed by atoms with Crippen LogP contribution in [0, 0.1) is 12.7 Å². The van der Waals surface area contributed by atoms with Gasteiger partial charge in [0.25, 0.3) is 0 Å². The largest absolute Gasteiger partial charge is 0.412 e. The molecule has 4 nitrogen and oxygen atoms in total. The monoisotopic (exact) mass is 403 g/mol. The van der Waals surface area contributed by atoms with E-state index in [4.69, 9.17) is 0 Å². The number of hydrogen-bond acceptors (Lipinski definition) is 3. The molecule has 2 aromatic rings. The van der Waals surface area contributed by atoms with Crippen LogP contribution in [-0.4, -0.2) is 26.3 Å². The van der Waals surface area contributed by atoms with Crippen molar-refractivity contribution in [2.75, 3.05) is 5.75 Å². The van der Waals surface area contributed by atoms with Gasteiger partial charge >= 0.3 is 6.18 Å². The summed E-state index contributed by atoms with van der Waals surface area (Å²) >= 11 is 0. The molecule has 0 bridgehead atoms. The second-order valence-corrected chi connectivity index (χ2v) is 8.08. The van der Waals surface area contributed by atoms with Crippen molar-refractivity contribution >= 4 is 15.7 Å². The standard InChI is InChI=1S/C18H17F4NO3S/c1-12-2-8-15(9-3-12)27(25,26)11-10-16(24)23-17(18(20,21)22)13-4-6-14(19)7-5-13/h2-9,17H,10-11H2,1H3,(H,23,24). The lowest BCUT2D eigenvalue weighted by molar-refractivity contribution is -0.163. The van der Waals surface area contributed by atoms with Crippen molar-refractivity contribution in [3.05, 3.63) is 65.5 Å². The number of alkyl halides is 3. The molecule has 0 spiro atoms. The minimum Gasteiger partial charge on any atom is -0.341 e. The Bertz CT molecular complexity index is 892. The molecule has 1 N–H and O–H groups in total. The van der Waals surface area contributed by atoms with Crippen LogP contribution in [0.2, 0.25) is 0 Å². The summed E-state index contributed by atoms with van der Waals surface area (Å²) in [6.07, 6.45) is -5.45. The number of hydrogen-bond donors (Lipinski definition) is 1. The summed E-state index contributed by atoms with van der Waals surface area (Å²) in [6.45, 7) is 1.77. The number of carbonyl (C=O) groups is 1. The van der Waals surface area contributed by atoms with E-state index in [1.807, 2.05) is 0 Å². The van der Waals surface area contributed by atoms with Gasteiger partial charge in [0, 0.05) is 6.42 Å². The fourth-order valence-electron chi connectivity index (χ4n) is 2.33. The van der Waals surface area contributed by atoms with E-state index in [9.17, 15) is 30.8 Å². The van der Waals surface area contributed by atoms with E-state index in [2.05, 4.69) is 0 Å². The molecule has 0 heterocycles. The van der Waals surface area contributed by atoms with Crippen LogP contribution in [0.5, 0.6) is 0 Å². The number of carbonyl (C=O) groups excluding carboxylic acids is 1. The zero-order valence-corrected chi connectivity index (χ0v) is 15.1. The van der Waals surface area contributed by atoms with Crippen molar-refractivity contribution in [2.45, 2.75) is 30.5 Å². The lowest BCUT2D eigenvalue weighted by Gasteiger charge is -2.22. The molecule has 1 unspecified atom stereocenters. The van der Waals surface area contributed by atoms with Crippen molar-refractivity contribution in [2.24, 2.45) is 0 Å². The topological polar surface area (TPSA) is 63.2 Å². The van der Waals surface area contributed by atoms with E-state index in [1.54, 1.807) is 24.4 Å². The summed E-state index contributed by atoms with van der Waals surface area (Å²) in [5.74, 6) is -2.41. The Balaban J connectivity index is 2.07. The summed E-state index contributed by atoms with van der Waals surface area (Å²) in [5, 5.41) is 1.78. The van der Waals surface area contributed by atoms with Crippen LogP contribution >= 0.6 is 0 Å². The van der Waals surface area contributed by atoms with Crippen LogP contribution in [0.1, 0.15) is 23.6 Å². The van der Waals surface area contributed by atoms with Crippen LogP contribution < -0.4 is 5.32 Å². The first-order valence-corrected chi connectivity index (χ1v) is 9.55. The van der Waals surface area contributed by atoms with Gasteiger partial charge in [0.1, 0.15) is 5.82 Å². The molecule has 0 aliphatic carbocycles. The fraction of sp³-hybridized carbons (Fsp3) is 0.278. The van der Waals surface area contributed by atoms with Gasteiger partial charge < -0.3 is 5.32 Å². The molecule has 9 heteroatoms. The average Bonchev–Trinajstić information content (AvgIpc) is 2.58. The lowest BCUT2D eigenvalue weighted by Crippen LogP contribution is -2.38. The highest BCUT2D eigenvalue weighted by molar-refractivity contribution is 7.91. The molecule has 0 aliphatic rings. The average molecular weight is 403 g/mol. The van der Waals surface area contributed by atoms with E-state index < -0.39 is 46.0 Å². The maximum Gasteiger partial charge on any atom is 0.412 e. The van der Waals surface area contributed by atoms with Crippen LogP contribution in [0.25, 0.3) is 0 Å². The van der Waals surface area contributed by atoms with Crippen molar-refractivity contribution in [1.29, 1.82) is 0 Å². The maximum absolute atomic E-state index is 13.2. The highest BCUT2D eigenvalue weighted by Crippen LogP contribution is 2.32.